The van der Waals surface area contributed by atoms with Crippen LogP contribution in [-0.4, -0.2) is 33.7 Å². The normalized spacial score (nSPS) is 17.1. The third kappa shape index (κ3) is 2.23. The molecule has 1 saturated heterocycles. The molecule has 100 valence electrons. The molecule has 2 heterocycles. The highest BCUT2D eigenvalue weighted by Gasteiger charge is 2.21. The summed E-state index contributed by atoms with van der Waals surface area (Å²) in [7, 11) is 1.90. The summed E-state index contributed by atoms with van der Waals surface area (Å²) in [6, 6.07) is 5.83. The van der Waals surface area contributed by atoms with Crippen molar-refractivity contribution < 1.29 is 4.79 Å². The minimum atomic E-state index is 0.148. The lowest BCUT2D eigenvalue weighted by Gasteiger charge is -2.30. The molecule has 0 radical (unpaired) electrons. The number of nitrogens with zero attached hydrogens (tertiary/aromatic N) is 3. The number of aryl methyl sites for hydroxylation is 1. The fraction of sp³-hybridized carbons (Fsp3) is 0.467. The van der Waals surface area contributed by atoms with Gasteiger partial charge >= 0.3 is 0 Å². The molecule has 0 N–H and O–H groups in total. The van der Waals surface area contributed by atoms with Gasteiger partial charge in [-0.3, -0.25) is 9.48 Å². The van der Waals surface area contributed by atoms with Crippen LogP contribution in [0.3, 0.4) is 0 Å². The minimum absolute atomic E-state index is 0.148. The molecule has 4 heteroatoms. The molecule has 1 amide bonds. The summed E-state index contributed by atoms with van der Waals surface area (Å²) in [5.74, 6) is 0.888. The Bertz CT molecular complexity index is 609. The van der Waals surface area contributed by atoms with E-state index >= 15 is 0 Å². The smallest absolute Gasteiger partial charge is 0.253 e. The van der Waals surface area contributed by atoms with Crippen LogP contribution in [0.2, 0.25) is 0 Å². The number of hydrogen-bond donors (Lipinski definition) is 0. The van der Waals surface area contributed by atoms with Crippen molar-refractivity contribution in [1.29, 1.82) is 0 Å². The number of likely N-dealkylation sites (tertiary alicyclic amines) is 1. The molecule has 4 nitrogen and oxygen atoms in total. The van der Waals surface area contributed by atoms with E-state index in [1.54, 1.807) is 0 Å². The zero-order chi connectivity index (χ0) is 13.4. The Kier molecular flexibility index (Phi) is 3.01. The topological polar surface area (TPSA) is 38.1 Å². The molecule has 0 unspecified atom stereocenters. The molecule has 1 aromatic carbocycles. The predicted octanol–water partition coefficient (Wildman–Crippen LogP) is 2.45. The summed E-state index contributed by atoms with van der Waals surface area (Å²) < 4.78 is 1.81. The van der Waals surface area contributed by atoms with E-state index in [0.29, 0.717) is 0 Å². The number of benzene rings is 1. The molecule has 1 aromatic heterocycles. The van der Waals surface area contributed by atoms with Crippen LogP contribution in [-0.2, 0) is 7.05 Å². The maximum Gasteiger partial charge on any atom is 0.253 e. The van der Waals surface area contributed by atoms with Gasteiger partial charge in [0.25, 0.3) is 5.91 Å². The number of hydrogen-bond acceptors (Lipinski definition) is 2. The molecule has 0 saturated carbocycles. The summed E-state index contributed by atoms with van der Waals surface area (Å²) >= 11 is 0. The van der Waals surface area contributed by atoms with Crippen molar-refractivity contribution in [3.8, 4) is 0 Å². The zero-order valence-corrected chi connectivity index (χ0v) is 11.5. The first-order valence-electron chi connectivity index (χ1n) is 6.86. The van der Waals surface area contributed by atoms with Gasteiger partial charge in [-0.15, -0.1) is 0 Å². The molecule has 3 rings (SSSR count). The Morgan fingerprint density at radius 2 is 2.05 bits per heavy atom. The van der Waals surface area contributed by atoms with Gasteiger partial charge in [-0.05, 0) is 30.9 Å². The molecule has 1 aliphatic heterocycles. The van der Waals surface area contributed by atoms with Gasteiger partial charge in [0.1, 0.15) is 0 Å². The number of rotatable bonds is 1. The summed E-state index contributed by atoms with van der Waals surface area (Å²) in [5.41, 5.74) is 1.78. The van der Waals surface area contributed by atoms with Crippen molar-refractivity contribution in [3.63, 3.8) is 0 Å². The fourth-order valence-corrected chi connectivity index (χ4v) is 2.67. The number of aromatic nitrogens is 2. The minimum Gasteiger partial charge on any atom is -0.339 e. The molecule has 0 aliphatic carbocycles. The average molecular weight is 257 g/mol. The Labute approximate surface area is 113 Å². The first-order chi connectivity index (χ1) is 9.15. The second-order valence-corrected chi connectivity index (χ2v) is 5.52. The maximum absolute atomic E-state index is 12.5. The largest absolute Gasteiger partial charge is 0.339 e. The van der Waals surface area contributed by atoms with Gasteiger partial charge in [0.05, 0.1) is 11.7 Å². The van der Waals surface area contributed by atoms with Crippen LogP contribution < -0.4 is 0 Å². The van der Waals surface area contributed by atoms with Crippen molar-refractivity contribution in [3.05, 3.63) is 30.0 Å². The van der Waals surface area contributed by atoms with E-state index in [1.165, 1.54) is 0 Å². The van der Waals surface area contributed by atoms with Crippen LogP contribution in [0.4, 0.5) is 0 Å². The summed E-state index contributed by atoms with van der Waals surface area (Å²) in [6.45, 7) is 4.01. The van der Waals surface area contributed by atoms with Crippen LogP contribution in [0.15, 0.2) is 24.4 Å². The van der Waals surface area contributed by atoms with Gasteiger partial charge in [-0.1, -0.05) is 13.0 Å². The molecule has 1 aliphatic rings. The van der Waals surface area contributed by atoms with Gasteiger partial charge in [0.15, 0.2) is 0 Å². The molecule has 19 heavy (non-hydrogen) atoms. The highest BCUT2D eigenvalue weighted by atomic mass is 16.2. The number of carbonyl (C=O) groups is 1. The Morgan fingerprint density at radius 1 is 1.32 bits per heavy atom. The fourth-order valence-electron chi connectivity index (χ4n) is 2.67. The van der Waals surface area contributed by atoms with Crippen molar-refractivity contribution in [2.75, 3.05) is 13.1 Å². The summed E-state index contributed by atoms with van der Waals surface area (Å²) in [4.78, 5) is 14.4. The number of amides is 1. The third-order valence-corrected chi connectivity index (χ3v) is 4.07. The number of carbonyl (C=O) groups excluding carboxylic acids is 1. The van der Waals surface area contributed by atoms with Gasteiger partial charge in [0, 0.05) is 31.1 Å². The van der Waals surface area contributed by atoms with E-state index in [-0.39, 0.29) is 5.91 Å². The number of fused-ring (bicyclic) bond motifs is 1. The Balaban J connectivity index is 1.87. The van der Waals surface area contributed by atoms with Crippen LogP contribution in [0.25, 0.3) is 10.9 Å². The van der Waals surface area contributed by atoms with Crippen molar-refractivity contribution in [1.82, 2.24) is 14.7 Å². The Morgan fingerprint density at radius 3 is 2.79 bits per heavy atom. The number of piperidine rings is 1. The van der Waals surface area contributed by atoms with Crippen LogP contribution in [0.1, 0.15) is 30.1 Å². The molecule has 1 fully saturated rings. The third-order valence-electron chi connectivity index (χ3n) is 4.07. The van der Waals surface area contributed by atoms with E-state index < -0.39 is 0 Å². The van der Waals surface area contributed by atoms with Crippen molar-refractivity contribution in [2.45, 2.75) is 19.8 Å². The maximum atomic E-state index is 12.5. The van der Waals surface area contributed by atoms with Crippen LogP contribution in [0.5, 0.6) is 0 Å². The predicted molar refractivity (Wildman–Crippen MR) is 75.0 cm³/mol. The second-order valence-electron chi connectivity index (χ2n) is 5.52. The lowest BCUT2D eigenvalue weighted by molar-refractivity contribution is 0.0697. The van der Waals surface area contributed by atoms with E-state index in [4.69, 9.17) is 0 Å². The molecule has 2 aromatic rings. The van der Waals surface area contributed by atoms with Crippen LogP contribution >= 0.6 is 0 Å². The first-order valence-corrected chi connectivity index (χ1v) is 6.86. The SMILES string of the molecule is CC1CCN(C(=O)c2ccc3cnn(C)c3c2)CC1. The van der Waals surface area contributed by atoms with E-state index in [0.717, 1.165) is 48.3 Å². The molecular weight excluding hydrogens is 238 g/mol. The van der Waals surface area contributed by atoms with E-state index in [1.807, 2.05) is 41.0 Å². The van der Waals surface area contributed by atoms with Gasteiger partial charge < -0.3 is 4.90 Å². The van der Waals surface area contributed by atoms with Crippen molar-refractivity contribution in [2.24, 2.45) is 13.0 Å². The average Bonchev–Trinajstić information content (AvgIpc) is 2.80. The lowest BCUT2D eigenvalue weighted by Crippen LogP contribution is -2.37. The highest BCUT2D eigenvalue weighted by molar-refractivity contribution is 5.97. The van der Waals surface area contributed by atoms with Crippen molar-refractivity contribution >= 4 is 16.8 Å². The van der Waals surface area contributed by atoms with Crippen LogP contribution in [0, 0.1) is 5.92 Å². The lowest BCUT2D eigenvalue weighted by atomic mass is 9.98. The zero-order valence-electron chi connectivity index (χ0n) is 11.5. The standard InChI is InChI=1S/C15H19N3O/c1-11-5-7-18(8-6-11)15(19)12-3-4-13-10-16-17(2)14(13)9-12/h3-4,9-11H,5-8H2,1-2H3. The van der Waals surface area contributed by atoms with E-state index in [2.05, 4.69) is 12.0 Å². The molecule has 0 atom stereocenters. The van der Waals surface area contributed by atoms with E-state index in [9.17, 15) is 4.79 Å². The first kappa shape index (κ1) is 12.2. The summed E-state index contributed by atoms with van der Waals surface area (Å²) in [6.07, 6.45) is 4.05. The summed E-state index contributed by atoms with van der Waals surface area (Å²) in [5, 5.41) is 5.29. The van der Waals surface area contributed by atoms with Gasteiger partial charge in [-0.2, -0.15) is 5.10 Å². The Hall–Kier alpha value is -1.84. The second kappa shape index (κ2) is 4.68. The quantitative estimate of drug-likeness (QED) is 0.787. The van der Waals surface area contributed by atoms with Gasteiger partial charge in [-0.25, -0.2) is 0 Å². The van der Waals surface area contributed by atoms with Gasteiger partial charge in [0.2, 0.25) is 0 Å². The highest BCUT2D eigenvalue weighted by Crippen LogP contribution is 2.20. The molecule has 0 spiro atoms. The monoisotopic (exact) mass is 257 g/mol. The molecular formula is C15H19N3O. The molecule has 0 bridgehead atoms.